The Bertz CT molecular complexity index is 1450. The Morgan fingerprint density at radius 2 is 1.69 bits per heavy atom. The average molecular weight is 540 g/mol. The minimum Gasteiger partial charge on any atom is -0.494 e. The van der Waals surface area contributed by atoms with Gasteiger partial charge in [0.05, 0.1) is 23.4 Å². The van der Waals surface area contributed by atoms with Crippen LogP contribution in [0.1, 0.15) is 20.9 Å². The van der Waals surface area contributed by atoms with Crippen molar-refractivity contribution in [2.24, 2.45) is 0 Å². The molecule has 0 bridgehead atoms. The van der Waals surface area contributed by atoms with Gasteiger partial charge in [-0.05, 0) is 60.7 Å². The van der Waals surface area contributed by atoms with Crippen LogP contribution in [-0.2, 0) is 0 Å². The van der Waals surface area contributed by atoms with E-state index in [9.17, 15) is 9.59 Å². The van der Waals surface area contributed by atoms with Gasteiger partial charge in [0.2, 0.25) is 0 Å². The highest BCUT2D eigenvalue weighted by Crippen LogP contribution is 2.29. The van der Waals surface area contributed by atoms with Gasteiger partial charge in [-0.25, -0.2) is 0 Å². The molecule has 0 radical (unpaired) electrons. The zero-order valence-corrected chi connectivity index (χ0v) is 21.1. The van der Waals surface area contributed by atoms with Gasteiger partial charge in [0.25, 0.3) is 11.8 Å². The third-order valence-electron chi connectivity index (χ3n) is 4.99. The van der Waals surface area contributed by atoms with Gasteiger partial charge < -0.3 is 19.8 Å². The summed E-state index contributed by atoms with van der Waals surface area (Å²) in [7, 11) is 1.47. The molecule has 1 aromatic heterocycles. The number of benzene rings is 3. The van der Waals surface area contributed by atoms with Crippen molar-refractivity contribution in [3.8, 4) is 17.1 Å². The van der Waals surface area contributed by atoms with E-state index in [0.717, 1.165) is 5.56 Å². The maximum absolute atomic E-state index is 12.6. The lowest BCUT2D eigenvalue weighted by atomic mass is 10.2. The Hall–Kier alpha value is -3.85. The number of thiocarbonyl (C=S) groups is 1. The fourth-order valence-corrected chi connectivity index (χ4v) is 3.91. The zero-order valence-electron chi connectivity index (χ0n) is 18.8. The van der Waals surface area contributed by atoms with Crippen molar-refractivity contribution >= 4 is 63.7 Å². The van der Waals surface area contributed by atoms with Crippen molar-refractivity contribution in [3.63, 3.8) is 0 Å². The number of rotatable bonds is 6. The summed E-state index contributed by atoms with van der Waals surface area (Å²) in [5.41, 5.74) is 2.05. The molecular weight excluding hydrogens is 521 g/mol. The molecule has 4 aromatic rings. The second-order valence-electron chi connectivity index (χ2n) is 7.43. The second-order valence-corrected chi connectivity index (χ2v) is 8.68. The van der Waals surface area contributed by atoms with Crippen LogP contribution in [0, 0.1) is 0 Å². The van der Waals surface area contributed by atoms with Crippen molar-refractivity contribution in [2.75, 3.05) is 17.7 Å². The topological polar surface area (TPSA) is 92.6 Å². The molecule has 4 rings (SSSR count). The van der Waals surface area contributed by atoms with Crippen LogP contribution in [0.25, 0.3) is 11.3 Å². The Labute approximate surface area is 222 Å². The highest BCUT2D eigenvalue weighted by molar-refractivity contribution is 7.80. The fraction of sp³-hybridized carbons (Fsp3) is 0.0385. The van der Waals surface area contributed by atoms with Crippen molar-refractivity contribution in [1.29, 1.82) is 0 Å². The number of nitrogens with one attached hydrogen (secondary N) is 3. The van der Waals surface area contributed by atoms with Gasteiger partial charge in [-0.2, -0.15) is 0 Å². The van der Waals surface area contributed by atoms with E-state index in [-0.39, 0.29) is 16.8 Å². The highest BCUT2D eigenvalue weighted by atomic mass is 35.5. The molecule has 0 saturated heterocycles. The molecule has 0 aliphatic heterocycles. The molecule has 0 aliphatic carbocycles. The summed E-state index contributed by atoms with van der Waals surface area (Å²) in [5.74, 6) is 0.0751. The molecule has 0 saturated carbocycles. The number of ether oxygens (including phenoxy) is 1. The van der Waals surface area contributed by atoms with E-state index < -0.39 is 5.91 Å². The molecule has 1 heterocycles. The summed E-state index contributed by atoms with van der Waals surface area (Å²) in [4.78, 5) is 25.2. The van der Waals surface area contributed by atoms with Crippen molar-refractivity contribution < 1.29 is 18.7 Å². The van der Waals surface area contributed by atoms with Gasteiger partial charge in [0.1, 0.15) is 11.5 Å². The van der Waals surface area contributed by atoms with Crippen LogP contribution in [0.3, 0.4) is 0 Å². The van der Waals surface area contributed by atoms with Crippen LogP contribution in [0.15, 0.2) is 83.3 Å². The van der Waals surface area contributed by atoms with Crippen LogP contribution in [0.2, 0.25) is 10.0 Å². The number of carbonyl (C=O) groups excluding carboxylic acids is 2. The first-order chi connectivity index (χ1) is 17.3. The summed E-state index contributed by atoms with van der Waals surface area (Å²) in [5, 5.41) is 9.20. The highest BCUT2D eigenvalue weighted by Gasteiger charge is 2.16. The number of hydrogen-bond acceptors (Lipinski definition) is 5. The van der Waals surface area contributed by atoms with Crippen LogP contribution in [0.5, 0.6) is 5.75 Å². The summed E-state index contributed by atoms with van der Waals surface area (Å²) >= 11 is 17.4. The normalized spacial score (nSPS) is 10.4. The number of amides is 2. The Morgan fingerprint density at radius 1 is 0.889 bits per heavy atom. The average Bonchev–Trinajstić information content (AvgIpc) is 3.36. The largest absolute Gasteiger partial charge is 0.494 e. The zero-order chi connectivity index (χ0) is 25.7. The maximum Gasteiger partial charge on any atom is 0.293 e. The second kappa shape index (κ2) is 11.3. The Kier molecular flexibility index (Phi) is 7.90. The van der Waals surface area contributed by atoms with Crippen LogP contribution >= 0.6 is 35.4 Å². The minimum absolute atomic E-state index is 0.0515. The molecule has 3 aromatic carbocycles. The standard InChI is InChI=1S/C26H19Cl2N3O4S/c1-34-23-14-17(9-10-20(23)30-24(32)18-7-2-3-8-19(18)28)29-26(36)31-25(33)22-12-11-21(35-22)15-5-4-6-16(27)13-15/h2-14H,1H3,(H,30,32)(H2,29,31,33,36). The Morgan fingerprint density at radius 3 is 2.44 bits per heavy atom. The molecule has 0 aliphatic rings. The number of halogens is 2. The lowest BCUT2D eigenvalue weighted by Gasteiger charge is -2.14. The Balaban J connectivity index is 1.40. The number of furan rings is 1. The molecule has 0 unspecified atom stereocenters. The number of hydrogen-bond donors (Lipinski definition) is 3. The molecule has 2 amide bonds. The molecule has 36 heavy (non-hydrogen) atoms. The SMILES string of the molecule is COc1cc(NC(=S)NC(=O)c2ccc(-c3cccc(Cl)c3)o2)ccc1NC(=O)c1ccccc1Cl. The molecule has 0 spiro atoms. The van der Waals surface area contributed by atoms with E-state index >= 15 is 0 Å². The van der Waals surface area contributed by atoms with Gasteiger partial charge in [-0.15, -0.1) is 0 Å². The van der Waals surface area contributed by atoms with Crippen LogP contribution in [0.4, 0.5) is 11.4 Å². The first-order valence-electron chi connectivity index (χ1n) is 10.6. The van der Waals surface area contributed by atoms with E-state index in [1.54, 1.807) is 72.8 Å². The molecular formula is C26H19Cl2N3O4S. The van der Waals surface area contributed by atoms with Crippen molar-refractivity contribution in [3.05, 3.63) is 100 Å². The van der Waals surface area contributed by atoms with Crippen molar-refractivity contribution in [1.82, 2.24) is 5.32 Å². The van der Waals surface area contributed by atoms with Gasteiger partial charge in [0.15, 0.2) is 10.9 Å². The smallest absolute Gasteiger partial charge is 0.293 e. The summed E-state index contributed by atoms with van der Waals surface area (Å²) < 4.78 is 11.0. The molecule has 10 heteroatoms. The lowest BCUT2D eigenvalue weighted by molar-refractivity contribution is 0.0950. The molecule has 7 nitrogen and oxygen atoms in total. The molecule has 0 fully saturated rings. The van der Waals surface area contributed by atoms with E-state index in [0.29, 0.717) is 38.5 Å². The van der Waals surface area contributed by atoms with Gasteiger partial charge >= 0.3 is 0 Å². The van der Waals surface area contributed by atoms with Gasteiger partial charge in [0, 0.05) is 22.3 Å². The number of methoxy groups -OCH3 is 1. The summed E-state index contributed by atoms with van der Waals surface area (Å²) in [6.45, 7) is 0. The predicted octanol–water partition coefficient (Wildman–Crippen LogP) is 6.64. The van der Waals surface area contributed by atoms with Crippen molar-refractivity contribution in [2.45, 2.75) is 0 Å². The predicted molar refractivity (Wildman–Crippen MR) is 145 cm³/mol. The fourth-order valence-electron chi connectivity index (χ4n) is 3.29. The van der Waals surface area contributed by atoms with E-state index in [2.05, 4.69) is 16.0 Å². The first-order valence-corrected chi connectivity index (χ1v) is 11.7. The third kappa shape index (κ3) is 6.04. The third-order valence-corrected chi connectivity index (χ3v) is 5.76. The van der Waals surface area contributed by atoms with Gasteiger partial charge in [-0.1, -0.05) is 47.5 Å². The number of carbonyl (C=O) groups is 2. The van der Waals surface area contributed by atoms with E-state index in [1.807, 2.05) is 6.07 Å². The molecule has 182 valence electrons. The monoisotopic (exact) mass is 539 g/mol. The molecule has 3 N–H and O–H groups in total. The summed E-state index contributed by atoms with van der Waals surface area (Å²) in [6.07, 6.45) is 0. The lowest BCUT2D eigenvalue weighted by Crippen LogP contribution is -2.33. The van der Waals surface area contributed by atoms with E-state index in [4.69, 9.17) is 44.6 Å². The summed E-state index contributed by atoms with van der Waals surface area (Å²) in [6, 6.07) is 22.0. The van der Waals surface area contributed by atoms with E-state index in [1.165, 1.54) is 7.11 Å². The van der Waals surface area contributed by atoms with Crippen LogP contribution in [-0.4, -0.2) is 24.0 Å². The first kappa shape index (κ1) is 25.2. The van der Waals surface area contributed by atoms with Gasteiger partial charge in [-0.3, -0.25) is 14.9 Å². The maximum atomic E-state index is 12.6. The van der Waals surface area contributed by atoms with Crippen LogP contribution < -0.4 is 20.7 Å². The quantitative estimate of drug-likeness (QED) is 0.238. The number of anilines is 2. The molecule has 0 atom stereocenters. The minimum atomic E-state index is -0.517.